The Balaban J connectivity index is 3.41. The molecule has 0 spiro atoms. The molecule has 0 saturated carbocycles. The van der Waals surface area contributed by atoms with E-state index >= 15 is 0 Å². The van der Waals surface area contributed by atoms with E-state index in [1.807, 2.05) is 13.8 Å². The minimum Gasteiger partial charge on any atom is -0.478 e. The molecule has 0 bridgehead atoms. The lowest BCUT2D eigenvalue weighted by Gasteiger charge is -2.21. The standard InChI is InChI=1S/C14H21NO4S/c1-9(2)8-15(5)20(18,19)13-7-12(14(16)17)6-10(3)11(13)4/h6-7,9H,8H2,1-5H3,(H,16,17). The van der Waals surface area contributed by atoms with E-state index in [4.69, 9.17) is 5.11 Å². The second kappa shape index (κ2) is 5.93. The van der Waals surface area contributed by atoms with Crippen LogP contribution < -0.4 is 0 Å². The van der Waals surface area contributed by atoms with Gasteiger partial charge in [0.25, 0.3) is 0 Å². The maximum Gasteiger partial charge on any atom is 0.335 e. The number of benzene rings is 1. The zero-order valence-corrected chi connectivity index (χ0v) is 13.3. The van der Waals surface area contributed by atoms with Gasteiger partial charge in [-0.1, -0.05) is 13.8 Å². The van der Waals surface area contributed by atoms with Gasteiger partial charge in [-0.3, -0.25) is 0 Å². The first-order chi connectivity index (χ1) is 9.07. The summed E-state index contributed by atoms with van der Waals surface area (Å²) in [5.41, 5.74) is 1.23. The molecule has 0 unspecified atom stereocenters. The number of carbonyl (C=O) groups is 1. The number of hydrogen-bond acceptors (Lipinski definition) is 3. The maximum absolute atomic E-state index is 12.5. The molecule has 0 aliphatic rings. The van der Waals surface area contributed by atoms with Crippen LogP contribution in [0.5, 0.6) is 0 Å². The van der Waals surface area contributed by atoms with Gasteiger partial charge in [0.05, 0.1) is 10.5 Å². The topological polar surface area (TPSA) is 74.7 Å². The molecule has 1 rings (SSSR count). The van der Waals surface area contributed by atoms with Gasteiger partial charge >= 0.3 is 5.97 Å². The summed E-state index contributed by atoms with van der Waals surface area (Å²) >= 11 is 0. The molecule has 20 heavy (non-hydrogen) atoms. The van der Waals surface area contributed by atoms with Crippen LogP contribution in [0.2, 0.25) is 0 Å². The van der Waals surface area contributed by atoms with E-state index in [-0.39, 0.29) is 16.4 Å². The third-order valence-electron chi connectivity index (χ3n) is 3.18. The summed E-state index contributed by atoms with van der Waals surface area (Å²) in [6.45, 7) is 7.65. The van der Waals surface area contributed by atoms with Crippen LogP contribution in [-0.2, 0) is 10.0 Å². The number of sulfonamides is 1. The van der Waals surface area contributed by atoms with Crippen molar-refractivity contribution in [2.24, 2.45) is 5.92 Å². The van der Waals surface area contributed by atoms with Gasteiger partial charge in [-0.05, 0) is 43.0 Å². The second-order valence-electron chi connectivity index (χ2n) is 5.40. The van der Waals surface area contributed by atoms with E-state index in [2.05, 4.69) is 0 Å². The third-order valence-corrected chi connectivity index (χ3v) is 5.13. The lowest BCUT2D eigenvalue weighted by molar-refractivity contribution is 0.0696. The van der Waals surface area contributed by atoms with Crippen molar-refractivity contribution in [2.45, 2.75) is 32.6 Å². The van der Waals surface area contributed by atoms with Crippen molar-refractivity contribution in [3.63, 3.8) is 0 Å². The number of carboxylic acid groups (broad SMARTS) is 1. The highest BCUT2D eigenvalue weighted by Crippen LogP contribution is 2.24. The van der Waals surface area contributed by atoms with Crippen molar-refractivity contribution in [3.05, 3.63) is 28.8 Å². The summed E-state index contributed by atoms with van der Waals surface area (Å²) < 4.78 is 26.4. The zero-order valence-electron chi connectivity index (χ0n) is 12.5. The van der Waals surface area contributed by atoms with E-state index in [9.17, 15) is 13.2 Å². The van der Waals surface area contributed by atoms with Gasteiger partial charge in [0.2, 0.25) is 10.0 Å². The fourth-order valence-corrected chi connectivity index (χ4v) is 3.65. The Labute approximate surface area is 120 Å². The molecule has 1 aromatic carbocycles. The molecule has 0 amide bonds. The van der Waals surface area contributed by atoms with Crippen LogP contribution in [0.1, 0.15) is 35.3 Å². The fraction of sp³-hybridized carbons (Fsp3) is 0.500. The Morgan fingerprint density at radius 2 is 1.85 bits per heavy atom. The smallest absolute Gasteiger partial charge is 0.335 e. The summed E-state index contributed by atoms with van der Waals surface area (Å²) in [7, 11) is -2.16. The summed E-state index contributed by atoms with van der Waals surface area (Å²) in [5, 5.41) is 9.07. The van der Waals surface area contributed by atoms with Crippen LogP contribution in [0.3, 0.4) is 0 Å². The summed E-state index contributed by atoms with van der Waals surface area (Å²) in [6, 6.07) is 2.72. The van der Waals surface area contributed by atoms with E-state index in [1.165, 1.54) is 23.5 Å². The van der Waals surface area contributed by atoms with Gasteiger partial charge in [0.1, 0.15) is 0 Å². The van der Waals surface area contributed by atoms with Crippen molar-refractivity contribution in [1.82, 2.24) is 4.31 Å². The van der Waals surface area contributed by atoms with Crippen LogP contribution in [0.25, 0.3) is 0 Å². The van der Waals surface area contributed by atoms with E-state index in [0.717, 1.165) is 0 Å². The SMILES string of the molecule is Cc1cc(C(=O)O)cc(S(=O)(=O)N(C)CC(C)C)c1C. The van der Waals surface area contributed by atoms with Crippen LogP contribution in [-0.4, -0.2) is 37.4 Å². The Morgan fingerprint density at radius 3 is 2.30 bits per heavy atom. The number of aromatic carboxylic acids is 1. The molecule has 112 valence electrons. The summed E-state index contributed by atoms with van der Waals surface area (Å²) in [6.07, 6.45) is 0. The molecule has 1 N–H and O–H groups in total. The van der Waals surface area contributed by atoms with Crippen molar-refractivity contribution < 1.29 is 18.3 Å². The third kappa shape index (κ3) is 3.37. The van der Waals surface area contributed by atoms with Gasteiger partial charge in [-0.2, -0.15) is 0 Å². The summed E-state index contributed by atoms with van der Waals surface area (Å²) in [4.78, 5) is 11.2. The first-order valence-electron chi connectivity index (χ1n) is 6.38. The molecule has 1 aromatic rings. The number of nitrogens with zero attached hydrogens (tertiary/aromatic N) is 1. The fourth-order valence-electron chi connectivity index (χ4n) is 2.00. The van der Waals surface area contributed by atoms with Crippen LogP contribution in [0, 0.1) is 19.8 Å². The van der Waals surface area contributed by atoms with Gasteiger partial charge in [0.15, 0.2) is 0 Å². The molecule has 5 nitrogen and oxygen atoms in total. The molecule has 6 heteroatoms. The number of hydrogen-bond donors (Lipinski definition) is 1. The van der Waals surface area contributed by atoms with Crippen molar-refractivity contribution in [1.29, 1.82) is 0 Å². The highest BCUT2D eigenvalue weighted by Gasteiger charge is 2.25. The Hall–Kier alpha value is -1.40. The first kappa shape index (κ1) is 16.7. The van der Waals surface area contributed by atoms with Gasteiger partial charge in [0, 0.05) is 13.6 Å². The molecule has 0 aliphatic heterocycles. The monoisotopic (exact) mass is 299 g/mol. The highest BCUT2D eigenvalue weighted by atomic mass is 32.2. The number of rotatable bonds is 5. The Morgan fingerprint density at radius 1 is 1.30 bits per heavy atom. The Bertz CT molecular complexity index is 620. The predicted octanol–water partition coefficient (Wildman–Crippen LogP) is 2.28. The molecular formula is C14H21NO4S. The van der Waals surface area contributed by atoms with Crippen LogP contribution in [0.4, 0.5) is 0 Å². The van der Waals surface area contributed by atoms with Gasteiger partial charge < -0.3 is 5.11 Å². The molecule has 0 aliphatic carbocycles. The Kier molecular flexibility index (Phi) is 4.94. The lowest BCUT2D eigenvalue weighted by Crippen LogP contribution is -2.31. The second-order valence-corrected chi connectivity index (χ2v) is 7.41. The molecule has 0 heterocycles. The van der Waals surface area contributed by atoms with Crippen LogP contribution in [0.15, 0.2) is 17.0 Å². The first-order valence-corrected chi connectivity index (χ1v) is 7.82. The van der Waals surface area contributed by atoms with Crippen molar-refractivity contribution in [3.8, 4) is 0 Å². The summed E-state index contributed by atoms with van der Waals surface area (Å²) in [5.74, 6) is -0.935. The van der Waals surface area contributed by atoms with Gasteiger partial charge in [-0.15, -0.1) is 0 Å². The zero-order chi connectivity index (χ0) is 15.7. The molecule has 0 atom stereocenters. The van der Waals surface area contributed by atoms with E-state index in [1.54, 1.807) is 13.8 Å². The maximum atomic E-state index is 12.5. The van der Waals surface area contributed by atoms with E-state index < -0.39 is 16.0 Å². The molecule has 0 aromatic heterocycles. The van der Waals surface area contributed by atoms with Crippen molar-refractivity contribution in [2.75, 3.05) is 13.6 Å². The van der Waals surface area contributed by atoms with Gasteiger partial charge in [-0.25, -0.2) is 17.5 Å². The molecule has 0 fully saturated rings. The minimum atomic E-state index is -3.67. The molecule has 0 saturated heterocycles. The minimum absolute atomic E-state index is 0.00961. The van der Waals surface area contributed by atoms with Crippen LogP contribution >= 0.6 is 0 Å². The number of aryl methyl sites for hydroxylation is 1. The average molecular weight is 299 g/mol. The van der Waals surface area contributed by atoms with Crippen molar-refractivity contribution >= 4 is 16.0 Å². The number of carboxylic acids is 1. The normalized spacial score (nSPS) is 12.2. The largest absolute Gasteiger partial charge is 0.478 e. The molecule has 0 radical (unpaired) electrons. The highest BCUT2D eigenvalue weighted by molar-refractivity contribution is 7.89. The lowest BCUT2D eigenvalue weighted by atomic mass is 10.1. The van der Waals surface area contributed by atoms with E-state index in [0.29, 0.717) is 17.7 Å². The quantitative estimate of drug-likeness (QED) is 0.905. The molecular weight excluding hydrogens is 278 g/mol. The average Bonchev–Trinajstić information content (AvgIpc) is 2.30. The predicted molar refractivity (Wildman–Crippen MR) is 77.5 cm³/mol.